The van der Waals surface area contributed by atoms with Gasteiger partial charge in [0.25, 0.3) is 0 Å². The molecule has 3 aliphatic rings. The molecular weight excluding hydrogens is 294 g/mol. The molecule has 0 spiro atoms. The summed E-state index contributed by atoms with van der Waals surface area (Å²) in [6.07, 6.45) is 6.22. The largest absolute Gasteiger partial charge is 0.473 e. The monoisotopic (exact) mass is 315 g/mol. The zero-order chi connectivity index (χ0) is 16.1. The van der Waals surface area contributed by atoms with E-state index in [1.807, 2.05) is 0 Å². The van der Waals surface area contributed by atoms with Crippen LogP contribution in [0.2, 0.25) is 0 Å². The van der Waals surface area contributed by atoms with Crippen molar-refractivity contribution in [2.45, 2.75) is 25.5 Å². The van der Waals surface area contributed by atoms with Crippen LogP contribution in [0.1, 0.15) is 29.2 Å². The number of aliphatic imine (C=N–C) groups is 1. The molecule has 5 atom stereocenters. The zero-order valence-electron chi connectivity index (χ0n) is 13.8. The molecular formula is C22H21NO. The molecule has 2 bridgehead atoms. The molecule has 2 aromatic carbocycles. The Kier molecular flexibility index (Phi) is 3.12. The van der Waals surface area contributed by atoms with Crippen LogP contribution >= 0.6 is 0 Å². The third-order valence-electron chi connectivity index (χ3n) is 5.75. The van der Waals surface area contributed by atoms with E-state index < -0.39 is 0 Å². The van der Waals surface area contributed by atoms with E-state index in [1.165, 1.54) is 17.5 Å². The van der Waals surface area contributed by atoms with Crippen molar-refractivity contribution in [3.8, 4) is 0 Å². The van der Waals surface area contributed by atoms with Gasteiger partial charge in [0, 0.05) is 17.4 Å². The van der Waals surface area contributed by atoms with Gasteiger partial charge in [0.15, 0.2) is 0 Å². The Morgan fingerprint density at radius 1 is 0.917 bits per heavy atom. The van der Waals surface area contributed by atoms with Crippen LogP contribution in [-0.4, -0.2) is 12.0 Å². The van der Waals surface area contributed by atoms with E-state index in [2.05, 4.69) is 73.7 Å². The smallest absolute Gasteiger partial charge is 0.217 e. The van der Waals surface area contributed by atoms with Gasteiger partial charge in [0.05, 0.1) is 6.04 Å². The fourth-order valence-electron chi connectivity index (χ4n) is 4.55. The van der Waals surface area contributed by atoms with E-state index in [4.69, 9.17) is 9.73 Å². The molecule has 0 saturated heterocycles. The van der Waals surface area contributed by atoms with Gasteiger partial charge in [0.2, 0.25) is 5.90 Å². The summed E-state index contributed by atoms with van der Waals surface area (Å²) < 4.78 is 6.42. The van der Waals surface area contributed by atoms with E-state index in [1.54, 1.807) is 0 Å². The second-order valence-corrected chi connectivity index (χ2v) is 7.26. The van der Waals surface area contributed by atoms with E-state index >= 15 is 0 Å². The van der Waals surface area contributed by atoms with Gasteiger partial charge in [-0.25, -0.2) is 4.99 Å². The first-order valence-electron chi connectivity index (χ1n) is 8.84. The summed E-state index contributed by atoms with van der Waals surface area (Å²) >= 11 is 0. The molecule has 0 radical (unpaired) electrons. The lowest BCUT2D eigenvalue weighted by atomic mass is 9.80. The minimum atomic E-state index is 0.196. The number of ether oxygens (including phenoxy) is 1. The maximum absolute atomic E-state index is 6.42. The lowest BCUT2D eigenvalue weighted by molar-refractivity contribution is 0.0761. The summed E-state index contributed by atoms with van der Waals surface area (Å²) in [6, 6.07) is 19.4. The Hall–Kier alpha value is -2.35. The number of fused-ring (bicyclic) bond motifs is 5. The standard InChI is InChI=1S/C22H21NO/c1-14-7-9-16(10-8-14)22-23-20(15-5-3-2-4-6-15)19-17-11-12-18(13-17)21(19)24-22/h2-12,17-21H,13H2,1H3/t17-,18+,19-,20+,21-/m1/s1. The SMILES string of the molecule is Cc1ccc(C2=N[C@@H](c3ccccc3)[C@@H]3[C@H](O2)[C@H]2C=C[C@@H]3C2)cc1. The van der Waals surface area contributed by atoms with Crippen LogP contribution in [-0.2, 0) is 4.74 Å². The van der Waals surface area contributed by atoms with Gasteiger partial charge in [0.1, 0.15) is 6.10 Å². The molecule has 1 fully saturated rings. The Bertz CT molecular complexity index is 806. The summed E-state index contributed by atoms with van der Waals surface area (Å²) in [5.74, 6) is 2.43. The Morgan fingerprint density at radius 3 is 2.46 bits per heavy atom. The summed E-state index contributed by atoms with van der Waals surface area (Å²) in [5.41, 5.74) is 3.66. The molecule has 0 unspecified atom stereocenters. The number of allylic oxidation sites excluding steroid dienone is 1. The molecule has 1 saturated carbocycles. The molecule has 1 aliphatic heterocycles. The van der Waals surface area contributed by atoms with Gasteiger partial charge >= 0.3 is 0 Å². The normalized spacial score (nSPS) is 33.0. The van der Waals surface area contributed by atoms with Crippen molar-refractivity contribution in [1.29, 1.82) is 0 Å². The van der Waals surface area contributed by atoms with Crippen molar-refractivity contribution in [1.82, 2.24) is 0 Å². The minimum absolute atomic E-state index is 0.196. The second-order valence-electron chi connectivity index (χ2n) is 7.26. The van der Waals surface area contributed by atoms with Crippen molar-refractivity contribution >= 4 is 5.90 Å². The van der Waals surface area contributed by atoms with Crippen LogP contribution in [0.15, 0.2) is 71.7 Å². The lowest BCUT2D eigenvalue weighted by Crippen LogP contribution is -2.38. The summed E-state index contributed by atoms with van der Waals surface area (Å²) in [6.45, 7) is 2.11. The molecule has 0 N–H and O–H groups in total. The maximum Gasteiger partial charge on any atom is 0.217 e. The van der Waals surface area contributed by atoms with Gasteiger partial charge < -0.3 is 4.74 Å². The molecule has 24 heavy (non-hydrogen) atoms. The number of benzene rings is 2. The van der Waals surface area contributed by atoms with Crippen molar-refractivity contribution in [2.75, 3.05) is 0 Å². The third kappa shape index (κ3) is 2.13. The summed E-state index contributed by atoms with van der Waals surface area (Å²) in [7, 11) is 0. The summed E-state index contributed by atoms with van der Waals surface area (Å²) in [4.78, 5) is 5.07. The molecule has 2 heteroatoms. The molecule has 2 aliphatic carbocycles. The highest BCUT2D eigenvalue weighted by Gasteiger charge is 2.52. The first-order chi connectivity index (χ1) is 11.8. The molecule has 2 aromatic rings. The van der Waals surface area contributed by atoms with Crippen LogP contribution in [0.4, 0.5) is 0 Å². The average Bonchev–Trinajstić information content (AvgIpc) is 3.24. The number of rotatable bonds is 2. The van der Waals surface area contributed by atoms with Crippen molar-refractivity contribution < 1.29 is 4.74 Å². The first kappa shape index (κ1) is 14.0. The summed E-state index contributed by atoms with van der Waals surface area (Å²) in [5, 5.41) is 0. The topological polar surface area (TPSA) is 21.6 Å². The van der Waals surface area contributed by atoms with Gasteiger partial charge in [-0.15, -0.1) is 0 Å². The molecule has 0 amide bonds. The molecule has 1 heterocycles. The Morgan fingerprint density at radius 2 is 1.67 bits per heavy atom. The van der Waals surface area contributed by atoms with Crippen LogP contribution < -0.4 is 0 Å². The predicted octanol–water partition coefficient (Wildman–Crippen LogP) is 4.70. The maximum atomic E-state index is 6.42. The number of nitrogens with zero attached hydrogens (tertiary/aromatic N) is 1. The fourth-order valence-corrected chi connectivity index (χ4v) is 4.55. The molecule has 120 valence electrons. The van der Waals surface area contributed by atoms with Gasteiger partial charge in [-0.3, -0.25) is 0 Å². The number of hydrogen-bond acceptors (Lipinski definition) is 2. The second kappa shape index (κ2) is 5.34. The van der Waals surface area contributed by atoms with Gasteiger partial charge in [-0.05, 0) is 37.0 Å². The van der Waals surface area contributed by atoms with Gasteiger partial charge in [-0.2, -0.15) is 0 Å². The van der Waals surface area contributed by atoms with Crippen molar-refractivity contribution in [3.63, 3.8) is 0 Å². The van der Waals surface area contributed by atoms with Gasteiger partial charge in [-0.1, -0.05) is 60.2 Å². The van der Waals surface area contributed by atoms with E-state index in [9.17, 15) is 0 Å². The average molecular weight is 315 g/mol. The van der Waals surface area contributed by atoms with Crippen molar-refractivity contribution in [2.24, 2.45) is 22.7 Å². The molecule has 2 nitrogen and oxygen atoms in total. The predicted molar refractivity (Wildman–Crippen MR) is 96.0 cm³/mol. The van der Waals surface area contributed by atoms with Crippen molar-refractivity contribution in [3.05, 3.63) is 83.4 Å². The Labute approximate surface area is 142 Å². The van der Waals surface area contributed by atoms with Crippen LogP contribution in [0, 0.1) is 24.7 Å². The number of aryl methyl sites for hydroxylation is 1. The highest BCUT2D eigenvalue weighted by atomic mass is 16.5. The zero-order valence-corrected chi connectivity index (χ0v) is 13.8. The molecule has 0 aromatic heterocycles. The van der Waals surface area contributed by atoms with E-state index in [-0.39, 0.29) is 12.1 Å². The Balaban J connectivity index is 1.59. The minimum Gasteiger partial charge on any atom is -0.473 e. The first-order valence-corrected chi connectivity index (χ1v) is 8.84. The third-order valence-corrected chi connectivity index (χ3v) is 5.75. The fraction of sp³-hybridized carbons (Fsp3) is 0.318. The van der Waals surface area contributed by atoms with Crippen LogP contribution in [0.5, 0.6) is 0 Å². The van der Waals surface area contributed by atoms with Crippen LogP contribution in [0.3, 0.4) is 0 Å². The molecule has 5 rings (SSSR count). The quantitative estimate of drug-likeness (QED) is 0.736. The highest BCUT2D eigenvalue weighted by molar-refractivity contribution is 5.95. The lowest BCUT2D eigenvalue weighted by Gasteiger charge is -2.37. The number of hydrogen-bond donors (Lipinski definition) is 0. The van der Waals surface area contributed by atoms with E-state index in [0.29, 0.717) is 17.8 Å². The van der Waals surface area contributed by atoms with Crippen LogP contribution in [0.25, 0.3) is 0 Å². The highest BCUT2D eigenvalue weighted by Crippen LogP contribution is 2.53. The van der Waals surface area contributed by atoms with E-state index in [0.717, 1.165) is 11.5 Å².